The predicted molar refractivity (Wildman–Crippen MR) is 91.9 cm³/mol. The molecule has 1 aromatic heterocycles. The molecular weight excluding hydrogens is 378 g/mol. The number of aliphatic hydroxyl groups excluding tert-OH is 2. The first kappa shape index (κ1) is 17.1. The highest BCUT2D eigenvalue weighted by atomic mass is 79.9. The largest absolute Gasteiger partial charge is 0.391 e. The Morgan fingerprint density at radius 2 is 2.12 bits per heavy atom. The highest BCUT2D eigenvalue weighted by molar-refractivity contribution is 9.09. The first-order valence-corrected chi connectivity index (χ1v) is 8.39. The number of hydrogen-bond acceptors (Lipinski definition) is 6. The van der Waals surface area contributed by atoms with Gasteiger partial charge in [0.25, 0.3) is 0 Å². The van der Waals surface area contributed by atoms with Gasteiger partial charge in [-0.2, -0.15) is 4.98 Å². The number of nitrogen functional groups attached to an aromatic ring is 1. The van der Waals surface area contributed by atoms with Crippen LogP contribution in [0.1, 0.15) is 11.1 Å². The Morgan fingerprint density at radius 3 is 2.71 bits per heavy atom. The van der Waals surface area contributed by atoms with Crippen LogP contribution in [-0.4, -0.2) is 43.9 Å². The van der Waals surface area contributed by atoms with Gasteiger partial charge in [-0.15, -0.1) is 0 Å². The minimum absolute atomic E-state index is 0.00130. The van der Waals surface area contributed by atoms with E-state index in [0.717, 1.165) is 5.56 Å². The number of ether oxygens (including phenoxy) is 1. The Labute approximate surface area is 146 Å². The summed E-state index contributed by atoms with van der Waals surface area (Å²) in [7, 11) is 0. The van der Waals surface area contributed by atoms with E-state index in [9.17, 15) is 15.0 Å². The maximum Gasteiger partial charge on any atom is 0.351 e. The highest BCUT2D eigenvalue weighted by Gasteiger charge is 2.50. The van der Waals surface area contributed by atoms with Crippen LogP contribution in [0.25, 0.3) is 0 Å². The van der Waals surface area contributed by atoms with Gasteiger partial charge in [0.15, 0.2) is 5.72 Å². The average Bonchev–Trinajstić information content (AvgIpc) is 2.87. The summed E-state index contributed by atoms with van der Waals surface area (Å²) in [5.41, 5.74) is 5.49. The molecule has 1 aliphatic rings. The van der Waals surface area contributed by atoms with Crippen molar-refractivity contribution >= 4 is 21.7 Å². The molecule has 0 spiro atoms. The molecule has 8 heteroatoms. The molecule has 0 aliphatic carbocycles. The minimum atomic E-state index is -1.41. The topological polar surface area (TPSA) is 111 Å². The number of nitrogens with two attached hydrogens (primary N) is 1. The van der Waals surface area contributed by atoms with Crippen molar-refractivity contribution < 1.29 is 14.9 Å². The van der Waals surface area contributed by atoms with Gasteiger partial charge in [-0.1, -0.05) is 46.3 Å². The Balaban J connectivity index is 2.06. The van der Waals surface area contributed by atoms with Gasteiger partial charge in [0.05, 0.1) is 24.1 Å². The van der Waals surface area contributed by atoms with Crippen molar-refractivity contribution in [1.82, 2.24) is 9.55 Å². The minimum Gasteiger partial charge on any atom is -0.391 e. The molecule has 1 aliphatic heterocycles. The van der Waals surface area contributed by atoms with Crippen LogP contribution in [0.2, 0.25) is 0 Å². The van der Waals surface area contributed by atoms with Gasteiger partial charge in [0.1, 0.15) is 5.82 Å². The van der Waals surface area contributed by atoms with Crippen LogP contribution >= 0.6 is 15.9 Å². The van der Waals surface area contributed by atoms with Gasteiger partial charge >= 0.3 is 5.69 Å². The fraction of sp³-hybridized carbons (Fsp3) is 0.375. The van der Waals surface area contributed by atoms with E-state index in [4.69, 9.17) is 10.5 Å². The van der Waals surface area contributed by atoms with Gasteiger partial charge in [-0.05, 0) is 5.56 Å². The number of aliphatic hydroxyl groups is 2. The van der Waals surface area contributed by atoms with Crippen LogP contribution in [0.5, 0.6) is 0 Å². The zero-order chi connectivity index (χ0) is 17.3. The fourth-order valence-corrected chi connectivity index (χ4v) is 3.49. The number of halogens is 1. The fourth-order valence-electron chi connectivity index (χ4n) is 2.83. The molecule has 3 rings (SSSR count). The summed E-state index contributed by atoms with van der Waals surface area (Å²) in [5, 5.41) is 19.8. The van der Waals surface area contributed by atoms with E-state index in [1.807, 2.05) is 30.3 Å². The lowest BCUT2D eigenvalue weighted by molar-refractivity contribution is -0.0985. The molecule has 7 nitrogen and oxygen atoms in total. The number of benzene rings is 1. The van der Waals surface area contributed by atoms with Crippen LogP contribution in [0.15, 0.2) is 41.3 Å². The number of aromatic nitrogens is 2. The summed E-state index contributed by atoms with van der Waals surface area (Å²) in [5.74, 6) is 0.137. The molecule has 0 radical (unpaired) electrons. The Hall–Kier alpha value is -1.74. The molecule has 0 unspecified atom stereocenters. The highest BCUT2D eigenvalue weighted by Crippen LogP contribution is 2.36. The first-order chi connectivity index (χ1) is 11.5. The lowest BCUT2D eigenvalue weighted by Gasteiger charge is -2.32. The quantitative estimate of drug-likeness (QED) is 0.638. The van der Waals surface area contributed by atoms with E-state index in [1.165, 1.54) is 4.57 Å². The van der Waals surface area contributed by atoms with E-state index in [1.54, 1.807) is 6.20 Å². The summed E-state index contributed by atoms with van der Waals surface area (Å²) >= 11 is 3.31. The molecule has 1 saturated heterocycles. The van der Waals surface area contributed by atoms with Crippen LogP contribution < -0.4 is 11.4 Å². The second-order valence-corrected chi connectivity index (χ2v) is 6.74. The SMILES string of the molecule is Nc1nc(=O)n([C@@]2(CO)OC[C@H](O)[C@H]2Br)cc1Cc1ccccc1. The van der Waals surface area contributed by atoms with Crippen LogP contribution in [0, 0.1) is 0 Å². The average molecular weight is 396 g/mol. The summed E-state index contributed by atoms with van der Waals surface area (Å²) in [6.45, 7) is -0.489. The standard InChI is InChI=1S/C16H18BrN3O4/c17-13-12(22)8-24-16(13,9-21)20-7-11(14(18)19-15(20)23)6-10-4-2-1-3-5-10/h1-5,7,12-13,21-22H,6,8-9H2,(H2,18,19,23)/t12-,13+,16-/m0/s1. The number of hydrogen-bond donors (Lipinski definition) is 3. The molecule has 2 aromatic rings. The normalized spacial score (nSPS) is 26.6. The third-order valence-electron chi connectivity index (χ3n) is 4.18. The van der Waals surface area contributed by atoms with Gasteiger partial charge in [0, 0.05) is 18.2 Å². The van der Waals surface area contributed by atoms with E-state index in [2.05, 4.69) is 20.9 Å². The van der Waals surface area contributed by atoms with Crippen LogP contribution in [0.4, 0.5) is 5.82 Å². The number of nitrogens with zero attached hydrogens (tertiary/aromatic N) is 2. The van der Waals surface area contributed by atoms with Crippen molar-refractivity contribution in [3.8, 4) is 0 Å². The smallest absolute Gasteiger partial charge is 0.351 e. The van der Waals surface area contributed by atoms with Gasteiger partial charge in [-0.3, -0.25) is 4.57 Å². The molecule has 0 saturated carbocycles. The van der Waals surface area contributed by atoms with Gasteiger partial charge < -0.3 is 20.7 Å². The number of anilines is 1. The molecule has 2 heterocycles. The molecule has 0 amide bonds. The van der Waals surface area contributed by atoms with Crippen molar-refractivity contribution in [2.45, 2.75) is 23.1 Å². The zero-order valence-electron chi connectivity index (χ0n) is 12.8. The molecule has 0 bridgehead atoms. The van der Waals surface area contributed by atoms with E-state index >= 15 is 0 Å². The Kier molecular flexibility index (Phi) is 4.73. The van der Waals surface area contributed by atoms with Crippen molar-refractivity contribution in [1.29, 1.82) is 0 Å². The van der Waals surface area contributed by atoms with Crippen LogP contribution in [0.3, 0.4) is 0 Å². The van der Waals surface area contributed by atoms with Crippen molar-refractivity contribution in [2.24, 2.45) is 0 Å². The van der Waals surface area contributed by atoms with Gasteiger partial charge in [0.2, 0.25) is 0 Å². The van der Waals surface area contributed by atoms with Crippen molar-refractivity contribution in [3.05, 3.63) is 58.1 Å². The number of rotatable bonds is 4. The van der Waals surface area contributed by atoms with Crippen molar-refractivity contribution in [3.63, 3.8) is 0 Å². The third-order valence-corrected chi connectivity index (χ3v) is 5.51. The van der Waals surface area contributed by atoms with Crippen molar-refractivity contribution in [2.75, 3.05) is 18.9 Å². The Morgan fingerprint density at radius 1 is 1.42 bits per heavy atom. The molecule has 4 N–H and O–H groups in total. The maximum absolute atomic E-state index is 12.3. The maximum atomic E-state index is 12.3. The monoisotopic (exact) mass is 395 g/mol. The third kappa shape index (κ3) is 2.86. The predicted octanol–water partition coefficient (Wildman–Crippen LogP) is 0.216. The molecular formula is C16H18BrN3O4. The summed E-state index contributed by atoms with van der Waals surface area (Å²) in [6, 6.07) is 9.62. The second kappa shape index (κ2) is 6.64. The summed E-state index contributed by atoms with van der Waals surface area (Å²) < 4.78 is 6.77. The second-order valence-electron chi connectivity index (χ2n) is 5.75. The molecule has 1 aromatic carbocycles. The molecule has 128 valence electrons. The number of alkyl halides is 1. The van der Waals surface area contributed by atoms with E-state index in [-0.39, 0.29) is 12.4 Å². The molecule has 24 heavy (non-hydrogen) atoms. The Bertz CT molecular complexity index is 783. The summed E-state index contributed by atoms with van der Waals surface area (Å²) in [4.78, 5) is 15.5. The summed E-state index contributed by atoms with van der Waals surface area (Å²) in [6.07, 6.45) is 1.18. The van der Waals surface area contributed by atoms with E-state index in [0.29, 0.717) is 12.0 Å². The van der Waals surface area contributed by atoms with Crippen LogP contribution in [-0.2, 0) is 16.9 Å². The van der Waals surface area contributed by atoms with Gasteiger partial charge in [-0.25, -0.2) is 4.79 Å². The molecule has 1 fully saturated rings. The molecule has 3 atom stereocenters. The lowest BCUT2D eigenvalue weighted by Crippen LogP contribution is -2.51. The zero-order valence-corrected chi connectivity index (χ0v) is 14.4. The lowest BCUT2D eigenvalue weighted by atomic mass is 10.1. The first-order valence-electron chi connectivity index (χ1n) is 7.47. The van der Waals surface area contributed by atoms with E-state index < -0.39 is 29.0 Å².